The lowest BCUT2D eigenvalue weighted by molar-refractivity contribution is 0.328. The topological polar surface area (TPSA) is 15.3 Å². The van der Waals surface area contributed by atoms with Crippen molar-refractivity contribution in [3.8, 4) is 0 Å². The number of rotatable bonds is 4. The Kier molecular flexibility index (Phi) is 4.84. The Morgan fingerprint density at radius 3 is 2.76 bits per heavy atom. The minimum absolute atomic E-state index is 0.475. The highest BCUT2D eigenvalue weighted by Crippen LogP contribution is 2.31. The maximum Gasteiger partial charge on any atom is 0.0593 e. The van der Waals surface area contributed by atoms with E-state index in [9.17, 15) is 0 Å². The minimum Gasteiger partial charge on any atom is -0.380 e. The van der Waals surface area contributed by atoms with E-state index in [0.29, 0.717) is 6.04 Å². The summed E-state index contributed by atoms with van der Waals surface area (Å²) in [4.78, 5) is 2.49. The van der Waals surface area contributed by atoms with Gasteiger partial charge < -0.3 is 5.32 Å². The molecule has 1 unspecified atom stereocenters. The van der Waals surface area contributed by atoms with E-state index in [1.165, 1.54) is 5.56 Å². The van der Waals surface area contributed by atoms with Crippen molar-refractivity contribution in [3.63, 3.8) is 0 Å². The van der Waals surface area contributed by atoms with Gasteiger partial charge in [0, 0.05) is 25.7 Å². The maximum atomic E-state index is 6.14. The van der Waals surface area contributed by atoms with Gasteiger partial charge in [-0.2, -0.15) is 0 Å². The van der Waals surface area contributed by atoms with E-state index in [4.69, 9.17) is 11.6 Å². The van der Waals surface area contributed by atoms with Gasteiger partial charge in [0.25, 0.3) is 0 Å². The van der Waals surface area contributed by atoms with E-state index in [1.54, 1.807) is 0 Å². The molecule has 1 atom stereocenters. The van der Waals surface area contributed by atoms with Crippen LogP contribution < -0.4 is 5.32 Å². The highest BCUT2D eigenvalue weighted by atomic mass is 79.9. The molecule has 0 aromatic heterocycles. The van der Waals surface area contributed by atoms with Crippen LogP contribution in [0.3, 0.4) is 0 Å². The third-order valence-electron chi connectivity index (χ3n) is 3.83. The zero-order valence-electron chi connectivity index (χ0n) is 11.7. The van der Waals surface area contributed by atoms with Gasteiger partial charge in [0.15, 0.2) is 0 Å². The lowest BCUT2D eigenvalue weighted by Gasteiger charge is -2.18. The first-order valence-electron chi connectivity index (χ1n) is 7.19. The molecule has 2 aromatic carbocycles. The Labute approximate surface area is 139 Å². The number of likely N-dealkylation sites (tertiary alicyclic amines) is 1. The van der Waals surface area contributed by atoms with Crippen molar-refractivity contribution in [1.29, 1.82) is 0 Å². The normalized spacial score (nSPS) is 18.9. The first-order chi connectivity index (χ1) is 10.2. The quantitative estimate of drug-likeness (QED) is 0.838. The summed E-state index contributed by atoms with van der Waals surface area (Å²) in [6.07, 6.45) is 1.16. The molecule has 1 saturated heterocycles. The lowest BCUT2D eigenvalue weighted by atomic mass is 10.2. The van der Waals surface area contributed by atoms with E-state index in [2.05, 4.69) is 62.5 Å². The highest BCUT2D eigenvalue weighted by Gasteiger charge is 2.22. The van der Waals surface area contributed by atoms with Crippen LogP contribution in [-0.4, -0.2) is 24.0 Å². The minimum atomic E-state index is 0.475. The summed E-state index contributed by atoms with van der Waals surface area (Å²) in [5.41, 5.74) is 2.45. The summed E-state index contributed by atoms with van der Waals surface area (Å²) in [5.74, 6) is 0. The Balaban J connectivity index is 1.59. The molecule has 0 radical (unpaired) electrons. The fourth-order valence-electron chi connectivity index (χ4n) is 2.77. The van der Waals surface area contributed by atoms with Crippen LogP contribution in [0.5, 0.6) is 0 Å². The molecule has 0 aliphatic carbocycles. The summed E-state index contributed by atoms with van der Waals surface area (Å²) in [6, 6.07) is 17.1. The van der Waals surface area contributed by atoms with Crippen molar-refractivity contribution in [2.24, 2.45) is 0 Å². The summed E-state index contributed by atoms with van der Waals surface area (Å²) in [6.45, 7) is 3.22. The molecule has 1 aliphatic rings. The van der Waals surface area contributed by atoms with E-state index < -0.39 is 0 Å². The number of hydrogen-bond donors (Lipinski definition) is 1. The second-order valence-corrected chi connectivity index (χ2v) is 6.65. The molecular weight excluding hydrogens is 348 g/mol. The average Bonchev–Trinajstić information content (AvgIpc) is 2.92. The molecule has 0 bridgehead atoms. The highest BCUT2D eigenvalue weighted by molar-refractivity contribution is 9.10. The van der Waals surface area contributed by atoms with Crippen LogP contribution in [0.4, 0.5) is 5.69 Å². The molecule has 110 valence electrons. The standard InChI is InChI=1S/C17H18BrClN2/c18-17-15(19)7-4-8-16(17)20-14-9-10-21(12-14)11-13-5-2-1-3-6-13/h1-8,14,20H,9-12H2. The molecule has 1 heterocycles. The van der Waals surface area contributed by atoms with Crippen molar-refractivity contribution in [2.45, 2.75) is 19.0 Å². The molecule has 1 N–H and O–H groups in total. The van der Waals surface area contributed by atoms with E-state index in [-0.39, 0.29) is 0 Å². The van der Waals surface area contributed by atoms with Crippen molar-refractivity contribution in [3.05, 3.63) is 63.6 Å². The van der Waals surface area contributed by atoms with Crippen LogP contribution in [0.15, 0.2) is 53.0 Å². The van der Waals surface area contributed by atoms with Gasteiger partial charge in [-0.3, -0.25) is 4.90 Å². The Hall–Kier alpha value is -1.03. The Morgan fingerprint density at radius 1 is 1.14 bits per heavy atom. The van der Waals surface area contributed by atoms with Crippen molar-refractivity contribution in [2.75, 3.05) is 18.4 Å². The second-order valence-electron chi connectivity index (χ2n) is 5.45. The van der Waals surface area contributed by atoms with Gasteiger partial charge in [-0.25, -0.2) is 0 Å². The Morgan fingerprint density at radius 2 is 1.95 bits per heavy atom. The summed E-state index contributed by atoms with van der Waals surface area (Å²) < 4.78 is 0.952. The molecule has 2 aromatic rings. The summed E-state index contributed by atoms with van der Waals surface area (Å²) in [5, 5.41) is 4.34. The van der Waals surface area contributed by atoms with Crippen molar-refractivity contribution in [1.82, 2.24) is 4.90 Å². The number of anilines is 1. The van der Waals surface area contributed by atoms with Gasteiger partial charge in [-0.1, -0.05) is 48.0 Å². The maximum absolute atomic E-state index is 6.14. The first kappa shape index (κ1) is 14.9. The fraction of sp³-hybridized carbons (Fsp3) is 0.294. The fourth-order valence-corrected chi connectivity index (χ4v) is 3.32. The van der Waals surface area contributed by atoms with Crippen LogP contribution in [-0.2, 0) is 6.54 Å². The predicted octanol–water partition coefficient (Wildman–Crippen LogP) is 4.79. The zero-order chi connectivity index (χ0) is 14.7. The molecule has 2 nitrogen and oxygen atoms in total. The van der Waals surface area contributed by atoms with Gasteiger partial charge in [0.05, 0.1) is 15.2 Å². The smallest absolute Gasteiger partial charge is 0.0593 e. The van der Waals surface area contributed by atoms with Crippen molar-refractivity contribution < 1.29 is 0 Å². The predicted molar refractivity (Wildman–Crippen MR) is 92.9 cm³/mol. The molecule has 3 rings (SSSR count). The van der Waals surface area contributed by atoms with Gasteiger partial charge in [0.1, 0.15) is 0 Å². The number of benzene rings is 2. The molecule has 1 fully saturated rings. The average molecular weight is 366 g/mol. The molecule has 1 aliphatic heterocycles. The SMILES string of the molecule is Clc1cccc(NC2CCN(Cc3ccccc3)C2)c1Br. The lowest BCUT2D eigenvalue weighted by Crippen LogP contribution is -2.26. The first-order valence-corrected chi connectivity index (χ1v) is 8.36. The van der Waals surface area contributed by atoms with Crippen LogP contribution in [0.2, 0.25) is 5.02 Å². The van der Waals surface area contributed by atoms with Gasteiger partial charge >= 0.3 is 0 Å². The molecule has 21 heavy (non-hydrogen) atoms. The third-order valence-corrected chi connectivity index (χ3v) is 5.23. The monoisotopic (exact) mass is 364 g/mol. The van der Waals surface area contributed by atoms with E-state index in [0.717, 1.165) is 41.2 Å². The van der Waals surface area contributed by atoms with Crippen LogP contribution in [0.25, 0.3) is 0 Å². The van der Waals surface area contributed by atoms with Crippen LogP contribution in [0.1, 0.15) is 12.0 Å². The van der Waals surface area contributed by atoms with E-state index >= 15 is 0 Å². The van der Waals surface area contributed by atoms with Crippen LogP contribution >= 0.6 is 27.5 Å². The number of halogens is 2. The molecule has 4 heteroatoms. The van der Waals surface area contributed by atoms with E-state index in [1.807, 2.05) is 12.1 Å². The number of nitrogens with zero attached hydrogens (tertiary/aromatic N) is 1. The third kappa shape index (κ3) is 3.79. The van der Waals surface area contributed by atoms with Gasteiger partial charge in [-0.15, -0.1) is 0 Å². The van der Waals surface area contributed by atoms with Crippen LogP contribution in [0, 0.1) is 0 Å². The number of nitrogens with one attached hydrogen (secondary N) is 1. The summed E-state index contributed by atoms with van der Waals surface area (Å²) >= 11 is 9.69. The summed E-state index contributed by atoms with van der Waals surface area (Å²) in [7, 11) is 0. The van der Waals surface area contributed by atoms with Gasteiger partial charge in [0.2, 0.25) is 0 Å². The number of hydrogen-bond acceptors (Lipinski definition) is 2. The Bertz CT molecular complexity index is 603. The second kappa shape index (κ2) is 6.82. The van der Waals surface area contributed by atoms with Crippen molar-refractivity contribution >= 4 is 33.2 Å². The van der Waals surface area contributed by atoms with Gasteiger partial charge in [-0.05, 0) is 40.0 Å². The molecule has 0 spiro atoms. The largest absolute Gasteiger partial charge is 0.380 e. The molecular formula is C17H18BrClN2. The molecule has 0 amide bonds. The zero-order valence-corrected chi connectivity index (χ0v) is 14.1. The molecule has 0 saturated carbocycles.